The molecule has 0 N–H and O–H groups in total. The predicted molar refractivity (Wildman–Crippen MR) is 207 cm³/mol. The average molecular weight is 743 g/mol. The number of hydrogen-bond acceptors (Lipinski definition) is 9. The van der Waals surface area contributed by atoms with Crippen molar-refractivity contribution in [2.75, 3.05) is 62.6 Å². The molecule has 6 heterocycles. The topological polar surface area (TPSA) is 85.7 Å². The summed E-state index contributed by atoms with van der Waals surface area (Å²) in [4.78, 5) is 22.8. The van der Waals surface area contributed by atoms with Crippen molar-refractivity contribution >= 4 is 31.9 Å². The van der Waals surface area contributed by atoms with E-state index >= 15 is 0 Å². The normalized spacial score (nSPS) is 17.0. The quantitative estimate of drug-likeness (QED) is 0.156. The molecule has 0 bridgehead atoms. The van der Waals surface area contributed by atoms with E-state index < -0.39 is 0 Å². The van der Waals surface area contributed by atoms with Crippen molar-refractivity contribution in [1.29, 1.82) is 0 Å². The van der Waals surface area contributed by atoms with E-state index in [1.807, 2.05) is 24.3 Å². The van der Waals surface area contributed by atoms with Crippen molar-refractivity contribution in [3.8, 4) is 33.8 Å². The summed E-state index contributed by atoms with van der Waals surface area (Å²) in [6, 6.07) is 25.4. The van der Waals surface area contributed by atoms with E-state index in [0.29, 0.717) is 85.2 Å². The highest BCUT2D eigenvalue weighted by Gasteiger charge is 2.51. The number of ether oxygens (including phenoxy) is 3. The first-order valence-corrected chi connectivity index (χ1v) is 19.8. The van der Waals surface area contributed by atoms with Crippen LogP contribution in [0.4, 0.5) is 32.1 Å². The Morgan fingerprint density at radius 1 is 0.593 bits per heavy atom. The second-order valence-electron chi connectivity index (χ2n) is 14.2. The third-order valence-corrected chi connectivity index (χ3v) is 10.5. The molecule has 0 saturated carbocycles. The number of benzene rings is 4. The molecule has 0 aliphatic carbocycles. The number of anilines is 4. The Balaban J connectivity index is 0.00000124. The van der Waals surface area contributed by atoms with Gasteiger partial charge in [0.1, 0.15) is 23.1 Å². The van der Waals surface area contributed by atoms with Crippen LogP contribution in [0.25, 0.3) is 22.3 Å². The molecule has 0 unspecified atom stereocenters. The third kappa shape index (κ3) is 5.87. The highest BCUT2D eigenvalue weighted by atomic mass is 31.1. The fourth-order valence-corrected chi connectivity index (χ4v) is 7.71. The van der Waals surface area contributed by atoms with Crippen LogP contribution in [0, 0.1) is 11.6 Å². The van der Waals surface area contributed by atoms with E-state index in [4.69, 9.17) is 14.2 Å². The van der Waals surface area contributed by atoms with Gasteiger partial charge in [-0.2, -0.15) is 0 Å². The number of rotatable bonds is 6. The number of halogens is 2. The first-order valence-electron chi connectivity index (χ1n) is 17.8. The molecule has 4 aliphatic heterocycles. The minimum atomic E-state index is -0.316. The second kappa shape index (κ2) is 13.8. The Bertz CT molecular complexity index is 2170. The maximum absolute atomic E-state index is 14.5. The van der Waals surface area contributed by atoms with Crippen LogP contribution >= 0.6 is 8.58 Å². The van der Waals surface area contributed by atoms with Crippen LogP contribution in [0.15, 0.2) is 110 Å². The Morgan fingerprint density at radius 2 is 0.981 bits per heavy atom. The number of aromatic nitrogens is 4. The van der Waals surface area contributed by atoms with Crippen molar-refractivity contribution < 1.29 is 23.0 Å². The zero-order chi connectivity index (χ0) is 36.9. The SMILES string of the molecule is CPC.Fc1ccccc1-c1cnc(N2CC3(COC3)c3ccc(Oc4ccc5c(c4)N(c4ncc(-c6ccccc6F)cn4)CC54COC4)cc32)nc1. The number of nitrogens with zero attached hydrogens (tertiary/aromatic N) is 6. The maximum Gasteiger partial charge on any atom is 0.229 e. The molecule has 0 atom stereocenters. The van der Waals surface area contributed by atoms with E-state index in [1.165, 1.54) is 12.1 Å². The molecule has 4 aliphatic rings. The molecule has 2 fully saturated rings. The Kier molecular flexibility index (Phi) is 8.80. The first kappa shape index (κ1) is 34.4. The largest absolute Gasteiger partial charge is 0.457 e. The van der Waals surface area contributed by atoms with E-state index in [1.54, 1.807) is 61.2 Å². The molecule has 0 amide bonds. The van der Waals surface area contributed by atoms with Crippen molar-refractivity contribution in [3.05, 3.63) is 132 Å². The summed E-state index contributed by atoms with van der Waals surface area (Å²) in [7, 11) is 1.08. The molecule has 9 nitrogen and oxygen atoms in total. The average Bonchev–Trinajstić information content (AvgIpc) is 3.70. The van der Waals surface area contributed by atoms with Gasteiger partial charge in [-0.1, -0.05) is 48.5 Å². The maximum atomic E-state index is 14.5. The molecule has 2 aromatic heterocycles. The summed E-state index contributed by atoms with van der Waals surface area (Å²) in [6.07, 6.45) is 6.65. The van der Waals surface area contributed by atoms with Gasteiger partial charge in [0.05, 0.1) is 48.6 Å². The van der Waals surface area contributed by atoms with Crippen LogP contribution in [0.1, 0.15) is 11.1 Å². The lowest BCUT2D eigenvalue weighted by Crippen LogP contribution is -2.49. The van der Waals surface area contributed by atoms with Crippen LogP contribution in [0.5, 0.6) is 11.5 Å². The zero-order valence-corrected chi connectivity index (χ0v) is 30.8. The van der Waals surface area contributed by atoms with Crippen LogP contribution in [-0.2, 0) is 20.3 Å². The van der Waals surface area contributed by atoms with Crippen LogP contribution in [0.3, 0.4) is 0 Å². The molecule has 272 valence electrons. The molecule has 12 heteroatoms. The summed E-state index contributed by atoms with van der Waals surface area (Å²) in [5, 5.41) is 0. The van der Waals surface area contributed by atoms with Gasteiger partial charge in [0.2, 0.25) is 11.9 Å². The van der Waals surface area contributed by atoms with Gasteiger partial charge >= 0.3 is 0 Å². The van der Waals surface area contributed by atoms with Gasteiger partial charge in [-0.05, 0) is 48.7 Å². The fraction of sp³-hybridized carbons (Fsp3) is 0.238. The summed E-state index contributed by atoms with van der Waals surface area (Å²) < 4.78 is 46.8. The highest BCUT2D eigenvalue weighted by Crippen LogP contribution is 2.51. The lowest BCUT2D eigenvalue weighted by molar-refractivity contribution is -0.0507. The smallest absolute Gasteiger partial charge is 0.229 e. The van der Waals surface area contributed by atoms with Gasteiger partial charge in [-0.25, -0.2) is 28.7 Å². The van der Waals surface area contributed by atoms with E-state index in [2.05, 4.69) is 55.2 Å². The monoisotopic (exact) mass is 742 g/mol. The molecule has 54 heavy (non-hydrogen) atoms. The predicted octanol–water partition coefficient (Wildman–Crippen LogP) is 8.44. The number of fused-ring (bicyclic) bond motifs is 4. The molecule has 2 spiro atoms. The van der Waals surface area contributed by atoms with Gasteiger partial charge in [-0.15, -0.1) is 8.58 Å². The minimum Gasteiger partial charge on any atom is -0.457 e. The lowest BCUT2D eigenvalue weighted by Gasteiger charge is -2.38. The first-order chi connectivity index (χ1) is 26.4. The number of hydrogen-bond donors (Lipinski definition) is 0. The van der Waals surface area contributed by atoms with Gasteiger partial charge in [-0.3, -0.25) is 0 Å². The van der Waals surface area contributed by atoms with Gasteiger partial charge < -0.3 is 24.0 Å². The van der Waals surface area contributed by atoms with Crippen molar-refractivity contribution in [2.45, 2.75) is 10.8 Å². The minimum absolute atomic E-state index is 0.156. The van der Waals surface area contributed by atoms with E-state index in [9.17, 15) is 8.78 Å². The molecule has 4 aromatic carbocycles. The van der Waals surface area contributed by atoms with Crippen molar-refractivity contribution in [3.63, 3.8) is 0 Å². The summed E-state index contributed by atoms with van der Waals surface area (Å²) in [5.74, 6) is 1.75. The fourth-order valence-electron chi connectivity index (χ4n) is 7.71. The summed E-state index contributed by atoms with van der Waals surface area (Å²) >= 11 is 0. The van der Waals surface area contributed by atoms with Crippen LogP contribution in [-0.4, -0.2) is 72.8 Å². The van der Waals surface area contributed by atoms with E-state index in [0.717, 1.165) is 31.1 Å². The third-order valence-electron chi connectivity index (χ3n) is 10.5. The van der Waals surface area contributed by atoms with Gasteiger partial charge in [0.25, 0.3) is 0 Å². The summed E-state index contributed by atoms with van der Waals surface area (Å²) in [5.41, 5.74) is 6.05. The van der Waals surface area contributed by atoms with Crippen molar-refractivity contribution in [1.82, 2.24) is 19.9 Å². The Labute approximate surface area is 313 Å². The Morgan fingerprint density at radius 3 is 1.33 bits per heavy atom. The molecule has 10 rings (SSSR count). The second-order valence-corrected chi connectivity index (χ2v) is 15.2. The molecule has 6 aromatic rings. The molecule has 0 radical (unpaired) electrons. The molecular weight excluding hydrogens is 705 g/mol. The van der Waals surface area contributed by atoms with Gasteiger partial charge in [0, 0.05) is 72.3 Å². The summed E-state index contributed by atoms with van der Waals surface area (Å²) in [6.45, 7) is 8.08. The highest BCUT2D eigenvalue weighted by molar-refractivity contribution is 7.35. The van der Waals surface area contributed by atoms with Gasteiger partial charge in [0.15, 0.2) is 0 Å². The van der Waals surface area contributed by atoms with Crippen LogP contribution in [0.2, 0.25) is 0 Å². The van der Waals surface area contributed by atoms with Crippen molar-refractivity contribution in [2.24, 2.45) is 0 Å². The van der Waals surface area contributed by atoms with E-state index in [-0.39, 0.29) is 22.5 Å². The Hall–Kier alpha value is -5.35. The molecular formula is C42H37F2N6O3P. The molecule has 2 saturated heterocycles. The lowest BCUT2D eigenvalue weighted by atomic mass is 9.80. The standard InChI is InChI=1S/C40H30F2N6O3.C2H7P/c41-33-7-3-1-5-29(33)25-15-43-37(44-16-25)47-19-39(21-49-22-39)31-11-9-27(13-35(31)47)51-28-10-12-32-36(14-28)48(20-40(32)23-50-24-40)38-45-17-26(18-46-38)30-6-2-4-8-34(30)42;1-3-2/h1-18H,19-24H2;3H,1-2H3. The zero-order valence-electron chi connectivity index (χ0n) is 29.8. The van der Waals surface area contributed by atoms with Crippen LogP contribution < -0.4 is 14.5 Å².